The molecular formula is C16H19N3O2. The molecule has 0 atom stereocenters. The zero-order valence-corrected chi connectivity index (χ0v) is 12.2. The fraction of sp³-hybridized carbons (Fsp3) is 0.250. The highest BCUT2D eigenvalue weighted by molar-refractivity contribution is 5.97. The number of aryl methyl sites for hydroxylation is 1. The van der Waals surface area contributed by atoms with Crippen LogP contribution >= 0.6 is 0 Å². The van der Waals surface area contributed by atoms with E-state index in [-0.39, 0.29) is 0 Å². The molecule has 1 heterocycles. The molecule has 0 unspecified atom stereocenters. The summed E-state index contributed by atoms with van der Waals surface area (Å²) in [6, 6.07) is 9.72. The topological polar surface area (TPSA) is 77.2 Å². The maximum Gasteiger partial charge on any atom is 0.340 e. The third kappa shape index (κ3) is 3.31. The Hall–Kier alpha value is -2.56. The van der Waals surface area contributed by atoms with E-state index in [0.29, 0.717) is 23.6 Å². The van der Waals surface area contributed by atoms with Crippen LogP contribution in [0, 0.1) is 0 Å². The van der Waals surface area contributed by atoms with Gasteiger partial charge in [-0.3, -0.25) is 0 Å². The maximum absolute atomic E-state index is 11.6. The lowest BCUT2D eigenvalue weighted by Crippen LogP contribution is -2.11. The van der Waals surface area contributed by atoms with Crippen molar-refractivity contribution in [3.8, 4) is 0 Å². The minimum absolute atomic E-state index is 0.304. The Balaban J connectivity index is 2.19. The number of aromatic nitrogens is 1. The van der Waals surface area contributed by atoms with E-state index in [9.17, 15) is 4.79 Å². The molecule has 0 fully saturated rings. The molecule has 1 aromatic carbocycles. The van der Waals surface area contributed by atoms with Gasteiger partial charge in [0, 0.05) is 12.7 Å². The average Bonchev–Trinajstić information content (AvgIpc) is 2.53. The van der Waals surface area contributed by atoms with Crippen molar-refractivity contribution in [3.05, 3.63) is 53.2 Å². The number of anilines is 2. The first-order valence-corrected chi connectivity index (χ1v) is 6.80. The number of carbonyl (C=O) groups is 1. The van der Waals surface area contributed by atoms with Gasteiger partial charge in [0.25, 0.3) is 0 Å². The molecule has 2 aromatic rings. The summed E-state index contributed by atoms with van der Waals surface area (Å²) >= 11 is 0. The van der Waals surface area contributed by atoms with Gasteiger partial charge < -0.3 is 15.8 Å². The van der Waals surface area contributed by atoms with Gasteiger partial charge in [-0.2, -0.15) is 0 Å². The summed E-state index contributed by atoms with van der Waals surface area (Å²) in [5.41, 5.74) is 9.05. The lowest BCUT2D eigenvalue weighted by Gasteiger charge is -2.12. The van der Waals surface area contributed by atoms with E-state index >= 15 is 0 Å². The predicted octanol–water partition coefficient (Wildman–Crippen LogP) is 2.62. The average molecular weight is 285 g/mol. The Labute approximate surface area is 124 Å². The third-order valence-electron chi connectivity index (χ3n) is 3.34. The number of benzene rings is 1. The van der Waals surface area contributed by atoms with Crippen molar-refractivity contribution in [2.24, 2.45) is 0 Å². The van der Waals surface area contributed by atoms with E-state index in [1.165, 1.54) is 24.4 Å². The first kappa shape index (κ1) is 14.8. The monoisotopic (exact) mass is 285 g/mol. The first-order chi connectivity index (χ1) is 10.2. The van der Waals surface area contributed by atoms with Crippen LogP contribution in [0.4, 0.5) is 11.5 Å². The van der Waals surface area contributed by atoms with Gasteiger partial charge >= 0.3 is 5.97 Å². The number of esters is 1. The second kappa shape index (κ2) is 6.74. The highest BCUT2D eigenvalue weighted by Crippen LogP contribution is 2.22. The van der Waals surface area contributed by atoms with Gasteiger partial charge in [0.05, 0.1) is 18.4 Å². The number of nitrogens with zero attached hydrogens (tertiary/aromatic N) is 1. The Morgan fingerprint density at radius 1 is 1.29 bits per heavy atom. The fourth-order valence-corrected chi connectivity index (χ4v) is 2.16. The van der Waals surface area contributed by atoms with Crippen LogP contribution in [-0.4, -0.2) is 18.1 Å². The van der Waals surface area contributed by atoms with E-state index in [1.807, 2.05) is 12.1 Å². The number of nitrogens with two attached hydrogens (primary N) is 1. The minimum atomic E-state index is -0.466. The maximum atomic E-state index is 11.6. The van der Waals surface area contributed by atoms with Crippen molar-refractivity contribution < 1.29 is 9.53 Å². The quantitative estimate of drug-likeness (QED) is 0.826. The highest BCUT2D eigenvalue weighted by atomic mass is 16.5. The van der Waals surface area contributed by atoms with Crippen LogP contribution in [0.1, 0.15) is 28.4 Å². The number of hydrogen-bond donors (Lipinski definition) is 2. The Bertz CT molecular complexity index is 641. The molecule has 3 N–H and O–H groups in total. The van der Waals surface area contributed by atoms with Crippen LogP contribution in [0.5, 0.6) is 0 Å². The molecule has 21 heavy (non-hydrogen) atoms. The molecule has 0 spiro atoms. The largest absolute Gasteiger partial charge is 0.465 e. The zero-order chi connectivity index (χ0) is 15.2. The SMILES string of the molecule is CCc1ccccc1CNc1nccc(C(=O)OC)c1N. The minimum Gasteiger partial charge on any atom is -0.465 e. The number of ether oxygens (including phenoxy) is 1. The molecule has 0 aliphatic heterocycles. The molecule has 1 aromatic heterocycles. The van der Waals surface area contributed by atoms with Crippen molar-refractivity contribution in [1.29, 1.82) is 0 Å². The normalized spacial score (nSPS) is 10.2. The summed E-state index contributed by atoms with van der Waals surface area (Å²) in [5, 5.41) is 3.18. The van der Waals surface area contributed by atoms with Crippen LogP contribution in [0.25, 0.3) is 0 Å². The van der Waals surface area contributed by atoms with Crippen molar-refractivity contribution in [2.45, 2.75) is 19.9 Å². The van der Waals surface area contributed by atoms with Gasteiger partial charge in [-0.15, -0.1) is 0 Å². The molecule has 0 bridgehead atoms. The van der Waals surface area contributed by atoms with Gasteiger partial charge in [0.1, 0.15) is 5.82 Å². The number of methoxy groups -OCH3 is 1. The summed E-state index contributed by atoms with van der Waals surface area (Å²) in [7, 11) is 1.33. The van der Waals surface area contributed by atoms with Gasteiger partial charge in [-0.1, -0.05) is 31.2 Å². The van der Waals surface area contributed by atoms with Gasteiger partial charge in [0.15, 0.2) is 0 Å². The smallest absolute Gasteiger partial charge is 0.340 e. The molecular weight excluding hydrogens is 266 g/mol. The summed E-state index contributed by atoms with van der Waals surface area (Å²) in [6.07, 6.45) is 2.50. The molecule has 0 saturated carbocycles. The first-order valence-electron chi connectivity index (χ1n) is 6.80. The number of rotatable bonds is 5. The highest BCUT2D eigenvalue weighted by Gasteiger charge is 2.13. The summed E-state index contributed by atoms with van der Waals surface area (Å²) in [6.45, 7) is 2.72. The van der Waals surface area contributed by atoms with Gasteiger partial charge in [0.2, 0.25) is 0 Å². The van der Waals surface area contributed by atoms with Gasteiger partial charge in [-0.25, -0.2) is 9.78 Å². The van der Waals surface area contributed by atoms with Crippen molar-refractivity contribution >= 4 is 17.5 Å². The number of pyridine rings is 1. The summed E-state index contributed by atoms with van der Waals surface area (Å²) < 4.78 is 4.70. The standard InChI is InChI=1S/C16H19N3O2/c1-3-11-6-4-5-7-12(11)10-19-15-14(17)13(8-9-18-15)16(20)21-2/h4-9H,3,10,17H2,1-2H3,(H,18,19). The number of nitrogen functional groups attached to an aromatic ring is 1. The van der Waals surface area contributed by atoms with E-state index in [0.717, 1.165) is 6.42 Å². The van der Waals surface area contributed by atoms with Crippen LogP contribution in [0.15, 0.2) is 36.5 Å². The van der Waals surface area contributed by atoms with Crippen molar-refractivity contribution in [3.63, 3.8) is 0 Å². The number of nitrogens with one attached hydrogen (secondary N) is 1. The molecule has 0 amide bonds. The molecule has 110 valence electrons. The molecule has 0 saturated heterocycles. The van der Waals surface area contributed by atoms with E-state index in [4.69, 9.17) is 10.5 Å². The Morgan fingerprint density at radius 3 is 2.67 bits per heavy atom. The zero-order valence-electron chi connectivity index (χ0n) is 12.2. The van der Waals surface area contributed by atoms with E-state index in [2.05, 4.69) is 29.4 Å². The van der Waals surface area contributed by atoms with Crippen molar-refractivity contribution in [1.82, 2.24) is 4.98 Å². The molecule has 0 radical (unpaired) electrons. The van der Waals surface area contributed by atoms with Crippen LogP contribution in [0.3, 0.4) is 0 Å². The number of hydrogen-bond acceptors (Lipinski definition) is 5. The molecule has 5 nitrogen and oxygen atoms in total. The lowest BCUT2D eigenvalue weighted by atomic mass is 10.1. The Kier molecular flexibility index (Phi) is 4.77. The summed E-state index contributed by atoms with van der Waals surface area (Å²) in [5.74, 6) is 0.0238. The van der Waals surface area contributed by atoms with Gasteiger partial charge in [-0.05, 0) is 23.6 Å². The summed E-state index contributed by atoms with van der Waals surface area (Å²) in [4.78, 5) is 15.8. The fourth-order valence-electron chi connectivity index (χ4n) is 2.16. The third-order valence-corrected chi connectivity index (χ3v) is 3.34. The van der Waals surface area contributed by atoms with Crippen molar-refractivity contribution in [2.75, 3.05) is 18.2 Å². The molecule has 5 heteroatoms. The predicted molar refractivity (Wildman–Crippen MR) is 83.1 cm³/mol. The molecule has 0 aliphatic carbocycles. The lowest BCUT2D eigenvalue weighted by molar-refractivity contribution is 0.0602. The van der Waals surface area contributed by atoms with E-state index < -0.39 is 5.97 Å². The number of carbonyl (C=O) groups excluding carboxylic acids is 1. The second-order valence-corrected chi connectivity index (χ2v) is 4.59. The van der Waals surface area contributed by atoms with Crippen LogP contribution in [-0.2, 0) is 17.7 Å². The van der Waals surface area contributed by atoms with Crippen LogP contribution in [0.2, 0.25) is 0 Å². The van der Waals surface area contributed by atoms with E-state index in [1.54, 1.807) is 6.07 Å². The molecule has 2 rings (SSSR count). The second-order valence-electron chi connectivity index (χ2n) is 4.59. The molecule has 0 aliphatic rings. The van der Waals surface area contributed by atoms with Crippen LogP contribution < -0.4 is 11.1 Å². The Morgan fingerprint density at radius 2 is 2.00 bits per heavy atom.